The molecule has 27 heavy (non-hydrogen) atoms. The van der Waals surface area contributed by atoms with Crippen LogP contribution < -0.4 is 14.3 Å². The number of thiazole rings is 1. The molecule has 8 heteroatoms. The predicted molar refractivity (Wildman–Crippen MR) is 109 cm³/mol. The second kappa shape index (κ2) is 7.76. The van der Waals surface area contributed by atoms with Crippen LogP contribution in [0.5, 0.6) is 11.5 Å². The summed E-state index contributed by atoms with van der Waals surface area (Å²) in [6.45, 7) is 2.89. The number of nitrogens with zero attached hydrogens (tertiary/aromatic N) is 3. The van der Waals surface area contributed by atoms with Gasteiger partial charge >= 0.3 is 0 Å². The summed E-state index contributed by atoms with van der Waals surface area (Å²) in [7, 11) is 0. The molecule has 0 fully saturated rings. The molecule has 1 aromatic heterocycles. The molecule has 0 aliphatic carbocycles. The molecule has 1 aliphatic heterocycles. The van der Waals surface area contributed by atoms with Crippen molar-refractivity contribution in [2.75, 3.05) is 13.3 Å². The molecule has 2 heterocycles. The van der Waals surface area contributed by atoms with Gasteiger partial charge in [0.15, 0.2) is 11.5 Å². The number of rotatable bonds is 4. The molecule has 3 aromatic rings. The summed E-state index contributed by atoms with van der Waals surface area (Å²) < 4.78 is 12.6. The standard InChI is InChI=1S/C19H15Cl2N3O2S/c1-2-22-19-24(16(10-27-19)14-5-4-13(20)8-15(14)21)23-9-12-3-6-17-18(7-12)26-11-25-17/h3-10H,2,11H2,1H3. The molecule has 0 amide bonds. The van der Waals surface area contributed by atoms with Gasteiger partial charge in [0, 0.05) is 22.5 Å². The summed E-state index contributed by atoms with van der Waals surface area (Å²) in [6.07, 6.45) is 1.76. The lowest BCUT2D eigenvalue weighted by Crippen LogP contribution is -2.12. The van der Waals surface area contributed by atoms with Gasteiger partial charge in [0.25, 0.3) is 0 Å². The van der Waals surface area contributed by atoms with E-state index >= 15 is 0 Å². The first kappa shape index (κ1) is 18.1. The Kier molecular flexibility index (Phi) is 5.20. The fourth-order valence-electron chi connectivity index (χ4n) is 2.66. The van der Waals surface area contributed by atoms with Crippen LogP contribution in [-0.2, 0) is 0 Å². The Morgan fingerprint density at radius 1 is 1.15 bits per heavy atom. The van der Waals surface area contributed by atoms with Gasteiger partial charge in [0.05, 0.1) is 16.9 Å². The van der Waals surface area contributed by atoms with Gasteiger partial charge in [0.1, 0.15) is 0 Å². The summed E-state index contributed by atoms with van der Waals surface area (Å²) in [4.78, 5) is 5.31. The van der Waals surface area contributed by atoms with Gasteiger partial charge in [-0.05, 0) is 48.9 Å². The fourth-order valence-corrected chi connectivity index (χ4v) is 4.05. The molecule has 138 valence electrons. The maximum atomic E-state index is 6.40. The first-order valence-electron chi connectivity index (χ1n) is 8.26. The van der Waals surface area contributed by atoms with Crippen molar-refractivity contribution in [3.05, 3.63) is 62.2 Å². The third-order valence-electron chi connectivity index (χ3n) is 3.90. The minimum Gasteiger partial charge on any atom is -0.454 e. The zero-order valence-corrected chi connectivity index (χ0v) is 16.7. The molecule has 0 saturated heterocycles. The van der Waals surface area contributed by atoms with Crippen molar-refractivity contribution >= 4 is 40.8 Å². The number of halogens is 2. The largest absolute Gasteiger partial charge is 0.454 e. The summed E-state index contributed by atoms with van der Waals surface area (Å²) in [5.74, 6) is 1.46. The van der Waals surface area contributed by atoms with E-state index in [2.05, 4.69) is 10.1 Å². The first-order valence-corrected chi connectivity index (χ1v) is 9.89. The predicted octanol–water partition coefficient (Wildman–Crippen LogP) is 5.05. The van der Waals surface area contributed by atoms with Gasteiger partial charge in [-0.25, -0.2) is 4.68 Å². The second-order valence-corrected chi connectivity index (χ2v) is 7.35. The van der Waals surface area contributed by atoms with Crippen molar-refractivity contribution in [1.29, 1.82) is 0 Å². The Morgan fingerprint density at radius 2 is 2.00 bits per heavy atom. The summed E-state index contributed by atoms with van der Waals surface area (Å²) >= 11 is 13.9. The van der Waals surface area contributed by atoms with Gasteiger partial charge in [0.2, 0.25) is 11.6 Å². The maximum absolute atomic E-state index is 6.40. The first-order chi connectivity index (χ1) is 13.2. The lowest BCUT2D eigenvalue weighted by atomic mass is 10.2. The highest BCUT2D eigenvalue weighted by atomic mass is 35.5. The summed E-state index contributed by atoms with van der Waals surface area (Å²) in [5, 5.41) is 7.78. The van der Waals surface area contributed by atoms with Crippen LogP contribution in [-0.4, -0.2) is 24.2 Å². The van der Waals surface area contributed by atoms with E-state index in [-0.39, 0.29) is 6.79 Å². The molecule has 0 atom stereocenters. The number of hydrogen-bond donors (Lipinski definition) is 0. The molecule has 1 aliphatic rings. The monoisotopic (exact) mass is 419 g/mol. The average Bonchev–Trinajstić information content (AvgIpc) is 3.27. The topological polar surface area (TPSA) is 48.1 Å². The van der Waals surface area contributed by atoms with Gasteiger partial charge in [-0.1, -0.05) is 23.2 Å². The maximum Gasteiger partial charge on any atom is 0.231 e. The number of fused-ring (bicyclic) bond motifs is 1. The number of benzene rings is 2. The van der Waals surface area contributed by atoms with E-state index in [0.29, 0.717) is 22.3 Å². The highest BCUT2D eigenvalue weighted by Crippen LogP contribution is 2.32. The molecule has 0 radical (unpaired) electrons. The van der Waals surface area contributed by atoms with E-state index < -0.39 is 0 Å². The molecule has 0 unspecified atom stereocenters. The molecule has 2 aromatic carbocycles. The lowest BCUT2D eigenvalue weighted by molar-refractivity contribution is 0.174. The second-order valence-electron chi connectivity index (χ2n) is 5.67. The van der Waals surface area contributed by atoms with E-state index in [1.807, 2.05) is 42.6 Å². The van der Waals surface area contributed by atoms with Crippen molar-refractivity contribution < 1.29 is 9.47 Å². The molecule has 0 N–H and O–H groups in total. The lowest BCUT2D eigenvalue weighted by Gasteiger charge is -2.06. The molecule has 0 bridgehead atoms. The number of hydrogen-bond acceptors (Lipinski definition) is 5. The number of ether oxygens (including phenoxy) is 2. The van der Waals surface area contributed by atoms with Gasteiger partial charge in [-0.2, -0.15) is 5.10 Å². The van der Waals surface area contributed by atoms with Crippen molar-refractivity contribution in [1.82, 2.24) is 4.68 Å². The van der Waals surface area contributed by atoms with Crippen molar-refractivity contribution in [3.8, 4) is 22.8 Å². The highest BCUT2D eigenvalue weighted by molar-refractivity contribution is 7.07. The van der Waals surface area contributed by atoms with Crippen molar-refractivity contribution in [2.24, 2.45) is 10.1 Å². The van der Waals surface area contributed by atoms with Crippen LogP contribution in [0, 0.1) is 0 Å². The van der Waals surface area contributed by atoms with Crippen LogP contribution in [0.1, 0.15) is 12.5 Å². The third-order valence-corrected chi connectivity index (χ3v) is 5.31. The van der Waals surface area contributed by atoms with E-state index in [0.717, 1.165) is 27.4 Å². The van der Waals surface area contributed by atoms with Crippen LogP contribution in [0.4, 0.5) is 0 Å². The third kappa shape index (κ3) is 3.74. The van der Waals surface area contributed by atoms with Crippen LogP contribution in [0.2, 0.25) is 10.0 Å². The fraction of sp³-hybridized carbons (Fsp3) is 0.158. The van der Waals surface area contributed by atoms with Crippen molar-refractivity contribution in [2.45, 2.75) is 6.92 Å². The highest BCUT2D eigenvalue weighted by Gasteiger charge is 2.14. The van der Waals surface area contributed by atoms with Crippen molar-refractivity contribution in [3.63, 3.8) is 0 Å². The molecule has 4 rings (SSSR count). The van der Waals surface area contributed by atoms with E-state index in [9.17, 15) is 0 Å². The molecular weight excluding hydrogens is 405 g/mol. The molecular formula is C19H15Cl2N3O2S. The SMILES string of the molecule is CCN=c1scc(-c2ccc(Cl)cc2Cl)n1N=Cc1ccc2c(c1)OCO2. The van der Waals surface area contributed by atoms with Crippen LogP contribution in [0.25, 0.3) is 11.3 Å². The van der Waals surface area contributed by atoms with E-state index in [4.69, 9.17) is 32.7 Å². The Balaban J connectivity index is 1.77. The normalized spacial score (nSPS) is 13.7. The van der Waals surface area contributed by atoms with Crippen LogP contribution in [0.15, 0.2) is 51.9 Å². The molecule has 0 spiro atoms. The van der Waals surface area contributed by atoms with Crippen LogP contribution in [0.3, 0.4) is 0 Å². The quantitative estimate of drug-likeness (QED) is 0.555. The van der Waals surface area contributed by atoms with E-state index in [1.165, 1.54) is 11.3 Å². The van der Waals surface area contributed by atoms with Gasteiger partial charge in [-0.15, -0.1) is 11.3 Å². The smallest absolute Gasteiger partial charge is 0.231 e. The minimum atomic E-state index is 0.244. The molecule has 0 saturated carbocycles. The van der Waals surface area contributed by atoms with Gasteiger partial charge in [-0.3, -0.25) is 4.99 Å². The Labute approximate surface area is 170 Å². The average molecular weight is 420 g/mol. The van der Waals surface area contributed by atoms with Gasteiger partial charge < -0.3 is 9.47 Å². The summed E-state index contributed by atoms with van der Waals surface area (Å²) in [6, 6.07) is 11.1. The zero-order valence-electron chi connectivity index (χ0n) is 14.4. The molecule has 5 nitrogen and oxygen atoms in total. The Bertz CT molecular complexity index is 1090. The zero-order chi connectivity index (χ0) is 18.8. The van der Waals surface area contributed by atoms with Crippen LogP contribution >= 0.6 is 34.5 Å². The van der Waals surface area contributed by atoms with E-state index in [1.54, 1.807) is 17.0 Å². The Hall–Kier alpha value is -2.28. The summed E-state index contributed by atoms with van der Waals surface area (Å²) in [5.41, 5.74) is 2.59. The Morgan fingerprint density at radius 3 is 2.81 bits per heavy atom. The number of aromatic nitrogens is 1. The minimum absolute atomic E-state index is 0.244.